The summed E-state index contributed by atoms with van der Waals surface area (Å²) in [6.45, 7) is 4.21. The molecule has 3 aromatic heterocycles. The van der Waals surface area contributed by atoms with E-state index in [9.17, 15) is 0 Å². The second kappa shape index (κ2) is 5.17. The summed E-state index contributed by atoms with van der Waals surface area (Å²) in [6.07, 6.45) is 4.60. The average molecular weight is 284 g/mol. The van der Waals surface area contributed by atoms with Crippen LogP contribution >= 0.6 is 11.3 Å². The molecule has 0 aliphatic rings. The highest BCUT2D eigenvalue weighted by molar-refractivity contribution is 7.18. The molecule has 1 N–H and O–H groups in total. The fraction of sp³-hybridized carbons (Fsp3) is 0.267. The Balaban J connectivity index is 2.26. The second-order valence-corrected chi connectivity index (χ2v) is 5.84. The third-order valence-electron chi connectivity index (χ3n) is 3.28. The number of aryl methyl sites for hydroxylation is 2. The number of fused-ring (bicyclic) bond motifs is 1. The minimum Gasteiger partial charge on any atom is -0.372 e. The van der Waals surface area contributed by atoms with Gasteiger partial charge in [-0.2, -0.15) is 0 Å². The third kappa shape index (κ3) is 2.14. The van der Waals surface area contributed by atoms with Crippen molar-refractivity contribution in [3.05, 3.63) is 35.0 Å². The van der Waals surface area contributed by atoms with Crippen molar-refractivity contribution < 1.29 is 0 Å². The zero-order chi connectivity index (χ0) is 14.1. The molecule has 0 saturated carbocycles. The number of pyridine rings is 1. The first-order valence-electron chi connectivity index (χ1n) is 6.62. The van der Waals surface area contributed by atoms with Crippen molar-refractivity contribution in [3.8, 4) is 11.4 Å². The molecule has 5 heteroatoms. The van der Waals surface area contributed by atoms with E-state index >= 15 is 0 Å². The zero-order valence-electron chi connectivity index (χ0n) is 11.8. The lowest BCUT2D eigenvalue weighted by Crippen LogP contribution is -1.99. The largest absolute Gasteiger partial charge is 0.372 e. The number of anilines is 1. The van der Waals surface area contributed by atoms with Crippen LogP contribution in [0.4, 0.5) is 5.82 Å². The molecule has 20 heavy (non-hydrogen) atoms. The number of nitrogens with zero attached hydrogens (tertiary/aromatic N) is 3. The van der Waals surface area contributed by atoms with Crippen molar-refractivity contribution >= 4 is 27.4 Å². The molecular weight excluding hydrogens is 268 g/mol. The molecule has 102 valence electrons. The molecule has 0 aliphatic heterocycles. The maximum atomic E-state index is 4.72. The molecule has 0 bridgehead atoms. The van der Waals surface area contributed by atoms with Gasteiger partial charge in [-0.15, -0.1) is 11.3 Å². The van der Waals surface area contributed by atoms with Gasteiger partial charge >= 0.3 is 0 Å². The molecule has 0 aliphatic carbocycles. The average Bonchev–Trinajstić information content (AvgIpc) is 2.86. The number of hydrogen-bond donors (Lipinski definition) is 1. The van der Waals surface area contributed by atoms with Crippen molar-refractivity contribution in [1.82, 2.24) is 15.0 Å². The molecule has 0 saturated heterocycles. The number of hydrogen-bond acceptors (Lipinski definition) is 5. The van der Waals surface area contributed by atoms with Crippen LogP contribution in [-0.2, 0) is 6.42 Å². The van der Waals surface area contributed by atoms with E-state index in [4.69, 9.17) is 4.98 Å². The fourth-order valence-corrected chi connectivity index (χ4v) is 3.16. The SMILES string of the molecule is CCc1cnccc1-c1nc(NC)c2cc(C)sc2n1. The normalized spacial score (nSPS) is 10.9. The third-order valence-corrected chi connectivity index (χ3v) is 4.22. The molecule has 4 nitrogen and oxygen atoms in total. The monoisotopic (exact) mass is 284 g/mol. The zero-order valence-corrected chi connectivity index (χ0v) is 12.6. The first-order chi connectivity index (χ1) is 9.72. The van der Waals surface area contributed by atoms with Gasteiger partial charge in [0, 0.05) is 29.9 Å². The summed E-state index contributed by atoms with van der Waals surface area (Å²) < 4.78 is 0. The van der Waals surface area contributed by atoms with Gasteiger partial charge in [-0.1, -0.05) is 6.92 Å². The summed E-state index contributed by atoms with van der Waals surface area (Å²) >= 11 is 1.70. The van der Waals surface area contributed by atoms with Gasteiger partial charge < -0.3 is 5.32 Å². The standard InChI is InChI=1S/C15H16N4S/c1-4-10-8-17-6-5-11(10)14-18-13(16-3)12-7-9(2)20-15(12)19-14/h5-8H,4H2,1-3H3,(H,16,18,19). The lowest BCUT2D eigenvalue weighted by atomic mass is 10.1. The van der Waals surface area contributed by atoms with Gasteiger partial charge in [0.05, 0.1) is 5.39 Å². The van der Waals surface area contributed by atoms with Crippen molar-refractivity contribution in [3.63, 3.8) is 0 Å². The van der Waals surface area contributed by atoms with Crippen LogP contribution in [0, 0.1) is 6.92 Å². The minimum atomic E-state index is 0.767. The van der Waals surface area contributed by atoms with Crippen LogP contribution in [0.25, 0.3) is 21.6 Å². The van der Waals surface area contributed by atoms with Gasteiger partial charge in [-0.3, -0.25) is 4.98 Å². The maximum Gasteiger partial charge on any atom is 0.163 e. The van der Waals surface area contributed by atoms with Crippen LogP contribution in [0.2, 0.25) is 0 Å². The highest BCUT2D eigenvalue weighted by atomic mass is 32.1. The summed E-state index contributed by atoms with van der Waals surface area (Å²) in [7, 11) is 1.89. The van der Waals surface area contributed by atoms with E-state index in [0.29, 0.717) is 0 Å². The maximum absolute atomic E-state index is 4.72. The Hall–Kier alpha value is -2.01. The molecule has 0 fully saturated rings. The Morgan fingerprint density at radius 1 is 1.30 bits per heavy atom. The van der Waals surface area contributed by atoms with E-state index in [0.717, 1.165) is 33.8 Å². The number of thiophene rings is 1. The minimum absolute atomic E-state index is 0.767. The Labute approximate surface area is 121 Å². The summed E-state index contributed by atoms with van der Waals surface area (Å²) in [6, 6.07) is 4.11. The van der Waals surface area contributed by atoms with E-state index in [1.54, 1.807) is 17.5 Å². The predicted molar refractivity (Wildman–Crippen MR) is 84.3 cm³/mol. The molecule has 0 radical (unpaired) electrons. The first kappa shape index (κ1) is 13.0. The highest BCUT2D eigenvalue weighted by Crippen LogP contribution is 2.31. The molecule has 0 aromatic carbocycles. The first-order valence-corrected chi connectivity index (χ1v) is 7.43. The Morgan fingerprint density at radius 3 is 2.90 bits per heavy atom. The van der Waals surface area contributed by atoms with Crippen LogP contribution in [0.5, 0.6) is 0 Å². The van der Waals surface area contributed by atoms with Crippen molar-refractivity contribution in [2.24, 2.45) is 0 Å². The number of aromatic nitrogens is 3. The van der Waals surface area contributed by atoms with Gasteiger partial charge in [0.25, 0.3) is 0 Å². The summed E-state index contributed by atoms with van der Waals surface area (Å²) in [5.41, 5.74) is 2.23. The van der Waals surface area contributed by atoms with Gasteiger partial charge in [0.2, 0.25) is 0 Å². The lowest BCUT2D eigenvalue weighted by Gasteiger charge is -2.08. The van der Waals surface area contributed by atoms with Crippen LogP contribution in [0.3, 0.4) is 0 Å². The van der Waals surface area contributed by atoms with Crippen LogP contribution in [0.15, 0.2) is 24.5 Å². The summed E-state index contributed by atoms with van der Waals surface area (Å²) in [5, 5.41) is 4.26. The molecule has 0 amide bonds. The number of rotatable bonds is 3. The Kier molecular flexibility index (Phi) is 3.36. The van der Waals surface area contributed by atoms with E-state index < -0.39 is 0 Å². The highest BCUT2D eigenvalue weighted by Gasteiger charge is 2.13. The molecule has 3 rings (SSSR count). The van der Waals surface area contributed by atoms with Crippen LogP contribution in [-0.4, -0.2) is 22.0 Å². The van der Waals surface area contributed by atoms with Gasteiger partial charge in [0.1, 0.15) is 10.6 Å². The Morgan fingerprint density at radius 2 is 2.15 bits per heavy atom. The van der Waals surface area contributed by atoms with Gasteiger partial charge in [-0.05, 0) is 31.0 Å². The lowest BCUT2D eigenvalue weighted by molar-refractivity contribution is 1.09. The van der Waals surface area contributed by atoms with E-state index in [1.807, 2.05) is 19.3 Å². The van der Waals surface area contributed by atoms with Crippen LogP contribution < -0.4 is 5.32 Å². The molecule has 0 atom stereocenters. The van der Waals surface area contributed by atoms with Gasteiger partial charge in [-0.25, -0.2) is 9.97 Å². The Bertz CT molecular complexity index is 764. The molecular formula is C15H16N4S. The topological polar surface area (TPSA) is 50.7 Å². The van der Waals surface area contributed by atoms with E-state index in [2.05, 4.69) is 35.2 Å². The fourth-order valence-electron chi connectivity index (χ4n) is 2.28. The number of nitrogens with one attached hydrogen (secondary N) is 1. The van der Waals surface area contributed by atoms with Crippen molar-refractivity contribution in [1.29, 1.82) is 0 Å². The van der Waals surface area contributed by atoms with E-state index in [1.165, 1.54) is 10.4 Å². The molecule has 0 unspecified atom stereocenters. The van der Waals surface area contributed by atoms with Crippen molar-refractivity contribution in [2.45, 2.75) is 20.3 Å². The van der Waals surface area contributed by atoms with Gasteiger partial charge in [0.15, 0.2) is 5.82 Å². The van der Waals surface area contributed by atoms with Crippen molar-refractivity contribution in [2.75, 3.05) is 12.4 Å². The smallest absolute Gasteiger partial charge is 0.163 e. The summed E-state index contributed by atoms with van der Waals surface area (Å²) in [4.78, 5) is 15.8. The second-order valence-electron chi connectivity index (χ2n) is 4.61. The molecule has 3 aromatic rings. The van der Waals surface area contributed by atoms with E-state index in [-0.39, 0.29) is 0 Å². The quantitative estimate of drug-likeness (QED) is 0.797. The predicted octanol–water partition coefficient (Wildman–Crippen LogP) is 3.67. The molecule has 3 heterocycles. The molecule has 0 spiro atoms. The van der Waals surface area contributed by atoms with Crippen LogP contribution in [0.1, 0.15) is 17.4 Å². The summed E-state index contributed by atoms with van der Waals surface area (Å²) in [5.74, 6) is 1.65.